The van der Waals surface area contributed by atoms with Gasteiger partial charge in [0, 0.05) is 44.0 Å². The van der Waals surface area contributed by atoms with Crippen molar-refractivity contribution in [2.45, 2.75) is 18.9 Å². The number of nitrogens with zero attached hydrogens (tertiary/aromatic N) is 2. The molecule has 2 N–H and O–H groups in total. The largest absolute Gasteiger partial charge is 0.388 e. The number of carbonyl (C=O) groups is 1. The molecule has 0 spiro atoms. The zero-order valence-corrected chi connectivity index (χ0v) is 11.6. The number of hydrogen-bond acceptors (Lipinski definition) is 3. The molecule has 1 unspecified atom stereocenters. The Bertz CT molecular complexity index is 492. The van der Waals surface area contributed by atoms with E-state index in [1.807, 2.05) is 23.1 Å². The lowest BCUT2D eigenvalue weighted by Crippen LogP contribution is -2.37. The maximum atomic E-state index is 11.6. The van der Waals surface area contributed by atoms with Gasteiger partial charge in [-0.3, -0.25) is 0 Å². The van der Waals surface area contributed by atoms with Crippen LogP contribution < -0.4 is 10.2 Å². The SMILES string of the molecule is O=C1NCCN1CCN1CCCC(O)c2ccccc21. The van der Waals surface area contributed by atoms with Crippen LogP contribution in [0.4, 0.5) is 10.5 Å². The molecule has 5 heteroatoms. The molecule has 1 aromatic rings. The molecule has 1 atom stereocenters. The Morgan fingerprint density at radius 2 is 2.00 bits per heavy atom. The molecule has 1 fully saturated rings. The van der Waals surface area contributed by atoms with Crippen molar-refractivity contribution in [3.05, 3.63) is 29.8 Å². The third-order valence-corrected chi connectivity index (χ3v) is 4.13. The van der Waals surface area contributed by atoms with Gasteiger partial charge in [-0.25, -0.2) is 4.79 Å². The van der Waals surface area contributed by atoms with Gasteiger partial charge in [0.2, 0.25) is 0 Å². The van der Waals surface area contributed by atoms with Gasteiger partial charge < -0.3 is 20.2 Å². The topological polar surface area (TPSA) is 55.8 Å². The number of rotatable bonds is 3. The second-order valence-corrected chi connectivity index (χ2v) is 5.42. The van der Waals surface area contributed by atoms with Crippen molar-refractivity contribution in [3.8, 4) is 0 Å². The number of carbonyl (C=O) groups excluding carboxylic acids is 1. The quantitative estimate of drug-likeness (QED) is 0.875. The molecule has 2 amide bonds. The second kappa shape index (κ2) is 5.71. The Hall–Kier alpha value is -1.75. The van der Waals surface area contributed by atoms with Crippen LogP contribution >= 0.6 is 0 Å². The molecule has 1 aromatic carbocycles. The number of para-hydroxylation sites is 1. The summed E-state index contributed by atoms with van der Waals surface area (Å²) in [5.41, 5.74) is 2.12. The first kappa shape index (κ1) is 13.2. The van der Waals surface area contributed by atoms with Crippen molar-refractivity contribution in [2.75, 3.05) is 37.6 Å². The predicted octanol–water partition coefficient (Wildman–Crippen LogP) is 1.35. The maximum absolute atomic E-state index is 11.6. The Balaban J connectivity index is 1.72. The van der Waals surface area contributed by atoms with Gasteiger partial charge >= 0.3 is 6.03 Å². The van der Waals surface area contributed by atoms with Crippen molar-refractivity contribution in [3.63, 3.8) is 0 Å². The van der Waals surface area contributed by atoms with Crippen LogP contribution in [0.2, 0.25) is 0 Å². The van der Waals surface area contributed by atoms with Gasteiger partial charge in [0.1, 0.15) is 0 Å². The highest BCUT2D eigenvalue weighted by atomic mass is 16.3. The fraction of sp³-hybridized carbons (Fsp3) is 0.533. The third-order valence-electron chi connectivity index (χ3n) is 4.13. The zero-order valence-electron chi connectivity index (χ0n) is 11.6. The molecule has 0 radical (unpaired) electrons. The number of benzene rings is 1. The summed E-state index contributed by atoms with van der Waals surface area (Å²) in [7, 11) is 0. The van der Waals surface area contributed by atoms with E-state index in [9.17, 15) is 9.90 Å². The Morgan fingerprint density at radius 3 is 2.80 bits per heavy atom. The molecular formula is C15H21N3O2. The fourth-order valence-corrected chi connectivity index (χ4v) is 3.01. The van der Waals surface area contributed by atoms with E-state index < -0.39 is 0 Å². The van der Waals surface area contributed by atoms with Crippen LogP contribution in [-0.4, -0.2) is 48.8 Å². The van der Waals surface area contributed by atoms with E-state index in [1.165, 1.54) is 0 Å². The van der Waals surface area contributed by atoms with Crippen molar-refractivity contribution in [1.29, 1.82) is 0 Å². The highest BCUT2D eigenvalue weighted by Gasteiger charge is 2.23. The summed E-state index contributed by atoms with van der Waals surface area (Å²) in [6.45, 7) is 4.02. The second-order valence-electron chi connectivity index (χ2n) is 5.42. The molecule has 0 bridgehead atoms. The molecular weight excluding hydrogens is 254 g/mol. The van der Waals surface area contributed by atoms with Gasteiger partial charge in [0.15, 0.2) is 0 Å². The van der Waals surface area contributed by atoms with Gasteiger partial charge in [-0.1, -0.05) is 18.2 Å². The van der Waals surface area contributed by atoms with Crippen molar-refractivity contribution < 1.29 is 9.90 Å². The van der Waals surface area contributed by atoms with Crippen LogP contribution in [0.25, 0.3) is 0 Å². The highest BCUT2D eigenvalue weighted by Crippen LogP contribution is 2.32. The first-order chi connectivity index (χ1) is 9.75. The summed E-state index contributed by atoms with van der Waals surface area (Å²) in [6, 6.07) is 8.08. The summed E-state index contributed by atoms with van der Waals surface area (Å²) >= 11 is 0. The van der Waals surface area contributed by atoms with Crippen molar-refractivity contribution in [2.24, 2.45) is 0 Å². The third kappa shape index (κ3) is 2.58. The van der Waals surface area contributed by atoms with Crippen molar-refractivity contribution in [1.82, 2.24) is 10.2 Å². The van der Waals surface area contributed by atoms with E-state index in [1.54, 1.807) is 0 Å². The lowest BCUT2D eigenvalue weighted by molar-refractivity contribution is 0.168. The summed E-state index contributed by atoms with van der Waals surface area (Å²) in [4.78, 5) is 15.7. The molecule has 3 rings (SSSR count). The van der Waals surface area contributed by atoms with Crippen molar-refractivity contribution >= 4 is 11.7 Å². The molecule has 108 valence electrons. The van der Waals surface area contributed by atoms with E-state index in [0.29, 0.717) is 0 Å². The Morgan fingerprint density at radius 1 is 1.20 bits per heavy atom. The number of hydrogen-bond donors (Lipinski definition) is 2. The van der Waals surface area contributed by atoms with Crippen LogP contribution in [0.3, 0.4) is 0 Å². The summed E-state index contributed by atoms with van der Waals surface area (Å²) < 4.78 is 0. The molecule has 2 aliphatic rings. The number of urea groups is 1. The fourth-order valence-electron chi connectivity index (χ4n) is 3.01. The van der Waals surface area contributed by atoms with Crippen LogP contribution in [-0.2, 0) is 0 Å². The van der Waals surface area contributed by atoms with E-state index in [2.05, 4.69) is 16.3 Å². The first-order valence-electron chi connectivity index (χ1n) is 7.30. The first-order valence-corrected chi connectivity index (χ1v) is 7.30. The number of amides is 2. The van der Waals surface area contributed by atoms with E-state index >= 15 is 0 Å². The number of anilines is 1. The lowest BCUT2D eigenvalue weighted by Gasteiger charge is -2.27. The monoisotopic (exact) mass is 275 g/mol. The van der Waals surface area contributed by atoms with Gasteiger partial charge in [0.25, 0.3) is 0 Å². The summed E-state index contributed by atoms with van der Waals surface area (Å²) in [5, 5.41) is 13.0. The molecule has 0 aromatic heterocycles. The molecule has 1 saturated heterocycles. The smallest absolute Gasteiger partial charge is 0.317 e. The number of aliphatic hydroxyl groups is 1. The molecule has 5 nitrogen and oxygen atoms in total. The Labute approximate surface area is 119 Å². The van der Waals surface area contributed by atoms with Gasteiger partial charge in [-0.05, 0) is 18.9 Å². The minimum Gasteiger partial charge on any atom is -0.388 e. The minimum absolute atomic E-state index is 0.0353. The number of aliphatic hydroxyl groups excluding tert-OH is 1. The van der Waals surface area contributed by atoms with E-state index in [0.717, 1.165) is 56.8 Å². The van der Waals surface area contributed by atoms with Crippen LogP contribution in [0.5, 0.6) is 0 Å². The summed E-state index contributed by atoms with van der Waals surface area (Å²) in [5.74, 6) is 0. The molecule has 0 saturated carbocycles. The predicted molar refractivity (Wildman–Crippen MR) is 77.8 cm³/mol. The van der Waals surface area contributed by atoms with Crippen LogP contribution in [0.15, 0.2) is 24.3 Å². The minimum atomic E-state index is -0.369. The lowest BCUT2D eigenvalue weighted by atomic mass is 10.0. The van der Waals surface area contributed by atoms with Gasteiger partial charge in [-0.15, -0.1) is 0 Å². The molecule has 2 aliphatic heterocycles. The molecule has 2 heterocycles. The van der Waals surface area contributed by atoms with Gasteiger partial charge in [-0.2, -0.15) is 0 Å². The number of nitrogens with one attached hydrogen (secondary N) is 1. The highest BCUT2D eigenvalue weighted by molar-refractivity contribution is 5.76. The number of fused-ring (bicyclic) bond motifs is 1. The van der Waals surface area contributed by atoms with E-state index in [4.69, 9.17) is 0 Å². The van der Waals surface area contributed by atoms with Crippen LogP contribution in [0.1, 0.15) is 24.5 Å². The summed E-state index contributed by atoms with van der Waals surface area (Å²) in [6.07, 6.45) is 1.41. The van der Waals surface area contributed by atoms with Crippen LogP contribution in [0, 0.1) is 0 Å². The standard InChI is InChI=1S/C15H21N3O2/c19-14-6-3-8-17(13-5-2-1-4-12(13)14)10-11-18-9-7-16-15(18)20/h1-2,4-5,14,19H,3,6-11H2,(H,16,20). The molecule has 20 heavy (non-hydrogen) atoms. The average Bonchev–Trinajstić information content (AvgIpc) is 2.80. The molecule has 0 aliphatic carbocycles. The zero-order chi connectivity index (χ0) is 13.9. The van der Waals surface area contributed by atoms with Gasteiger partial charge in [0.05, 0.1) is 6.10 Å². The Kier molecular flexibility index (Phi) is 3.78. The normalized spacial score (nSPS) is 22.4. The maximum Gasteiger partial charge on any atom is 0.317 e. The average molecular weight is 275 g/mol. The van der Waals surface area contributed by atoms with E-state index in [-0.39, 0.29) is 12.1 Å².